The molecule has 1 saturated carbocycles. The predicted octanol–water partition coefficient (Wildman–Crippen LogP) is 1.52. The number of esters is 2. The zero-order valence-electron chi connectivity index (χ0n) is 21.4. The molecule has 4 rings (SSSR count). The van der Waals surface area contributed by atoms with Crippen LogP contribution in [0.4, 0.5) is 0 Å². The Hall–Kier alpha value is -3.47. The van der Waals surface area contributed by atoms with E-state index < -0.39 is 64.4 Å². The largest absolute Gasteiger partial charge is 0.504 e. The molecule has 0 aromatic rings. The Bertz CT molecular complexity index is 1200. The summed E-state index contributed by atoms with van der Waals surface area (Å²) in [5.41, 5.74) is -2.08. The SMILES string of the molecule is COCC1OC(=O)/C(=C/NC(C)C(=O)O)C2=C(O)C(=O)C3=C(C(OC(C)=O)C[C@]4(C)C(=O)CCC34)[C@]21C. The summed E-state index contributed by atoms with van der Waals surface area (Å²) < 4.78 is 16.8. The molecule has 0 spiro atoms. The van der Waals surface area contributed by atoms with E-state index >= 15 is 0 Å². The Balaban J connectivity index is 1.99. The van der Waals surface area contributed by atoms with Crippen molar-refractivity contribution in [2.75, 3.05) is 13.7 Å². The van der Waals surface area contributed by atoms with Crippen LogP contribution in [0.15, 0.2) is 34.3 Å². The Labute approximate surface area is 213 Å². The predicted molar refractivity (Wildman–Crippen MR) is 126 cm³/mol. The molecule has 4 unspecified atom stereocenters. The highest BCUT2D eigenvalue weighted by molar-refractivity contribution is 6.14. The lowest BCUT2D eigenvalue weighted by atomic mass is 9.53. The fourth-order valence-electron chi connectivity index (χ4n) is 6.38. The maximum absolute atomic E-state index is 13.8. The molecule has 0 radical (unpaired) electrons. The van der Waals surface area contributed by atoms with Crippen molar-refractivity contribution in [2.24, 2.45) is 16.7 Å². The molecule has 1 heterocycles. The molecule has 37 heavy (non-hydrogen) atoms. The van der Waals surface area contributed by atoms with Gasteiger partial charge in [-0.15, -0.1) is 0 Å². The van der Waals surface area contributed by atoms with Crippen LogP contribution in [-0.2, 0) is 38.2 Å². The average molecular weight is 518 g/mol. The van der Waals surface area contributed by atoms with Gasteiger partial charge in [0.25, 0.3) is 0 Å². The Morgan fingerprint density at radius 3 is 2.54 bits per heavy atom. The minimum absolute atomic E-state index is 0.0515. The van der Waals surface area contributed by atoms with Crippen LogP contribution in [-0.4, -0.2) is 71.7 Å². The quantitative estimate of drug-likeness (QED) is 0.345. The van der Waals surface area contributed by atoms with E-state index in [0.29, 0.717) is 12.0 Å². The molecule has 3 N–H and O–H groups in total. The number of rotatable bonds is 6. The van der Waals surface area contributed by atoms with Gasteiger partial charge in [-0.25, -0.2) is 4.79 Å². The zero-order chi connectivity index (χ0) is 27.4. The van der Waals surface area contributed by atoms with Gasteiger partial charge in [0.1, 0.15) is 24.0 Å². The van der Waals surface area contributed by atoms with E-state index in [0.717, 1.165) is 6.20 Å². The zero-order valence-corrected chi connectivity index (χ0v) is 21.4. The van der Waals surface area contributed by atoms with Gasteiger partial charge in [-0.05, 0) is 25.8 Å². The van der Waals surface area contributed by atoms with Crippen molar-refractivity contribution in [3.8, 4) is 0 Å². The molecule has 11 heteroatoms. The van der Waals surface area contributed by atoms with Crippen LogP contribution in [0.2, 0.25) is 0 Å². The van der Waals surface area contributed by atoms with E-state index in [4.69, 9.17) is 14.2 Å². The van der Waals surface area contributed by atoms with Crippen LogP contribution in [0, 0.1) is 16.7 Å². The van der Waals surface area contributed by atoms with Gasteiger partial charge < -0.3 is 29.7 Å². The first-order valence-electron chi connectivity index (χ1n) is 12.1. The molecule has 4 aliphatic rings. The molecule has 3 aliphatic carbocycles. The van der Waals surface area contributed by atoms with Crippen molar-refractivity contribution >= 4 is 29.5 Å². The van der Waals surface area contributed by atoms with E-state index in [2.05, 4.69) is 5.32 Å². The topological polar surface area (TPSA) is 166 Å². The van der Waals surface area contributed by atoms with Crippen LogP contribution in [0.25, 0.3) is 0 Å². The fourth-order valence-corrected chi connectivity index (χ4v) is 6.38. The van der Waals surface area contributed by atoms with Crippen LogP contribution in [0.5, 0.6) is 0 Å². The molecule has 1 saturated heterocycles. The Kier molecular flexibility index (Phi) is 6.56. The van der Waals surface area contributed by atoms with Crippen molar-refractivity contribution < 1.29 is 48.4 Å². The number of carboxylic acid groups (broad SMARTS) is 1. The van der Waals surface area contributed by atoms with Crippen LogP contribution >= 0.6 is 0 Å². The molecule has 200 valence electrons. The van der Waals surface area contributed by atoms with Gasteiger partial charge in [-0.1, -0.05) is 6.92 Å². The summed E-state index contributed by atoms with van der Waals surface area (Å²) in [5.74, 6) is -4.71. The van der Waals surface area contributed by atoms with E-state index in [-0.39, 0.29) is 42.0 Å². The number of nitrogens with one attached hydrogen (secondary N) is 1. The number of hydrogen-bond acceptors (Lipinski definition) is 10. The smallest absolute Gasteiger partial charge is 0.340 e. The lowest BCUT2D eigenvalue weighted by Gasteiger charge is -2.53. The maximum atomic E-state index is 13.8. The van der Waals surface area contributed by atoms with E-state index in [1.54, 1.807) is 13.8 Å². The van der Waals surface area contributed by atoms with Crippen molar-refractivity contribution in [3.05, 3.63) is 34.3 Å². The van der Waals surface area contributed by atoms with Crippen molar-refractivity contribution in [3.63, 3.8) is 0 Å². The minimum atomic E-state index is -1.38. The maximum Gasteiger partial charge on any atom is 0.340 e. The van der Waals surface area contributed by atoms with E-state index in [9.17, 15) is 34.2 Å². The second-order valence-electron chi connectivity index (χ2n) is 10.5. The fraction of sp³-hybridized carbons (Fsp3) is 0.577. The number of ether oxygens (including phenoxy) is 3. The third-order valence-electron chi connectivity index (χ3n) is 8.27. The van der Waals surface area contributed by atoms with Crippen LogP contribution < -0.4 is 5.32 Å². The van der Waals surface area contributed by atoms with Gasteiger partial charge in [0, 0.05) is 55.6 Å². The van der Waals surface area contributed by atoms with Crippen molar-refractivity contribution in [1.82, 2.24) is 5.32 Å². The van der Waals surface area contributed by atoms with Crippen LogP contribution in [0.3, 0.4) is 0 Å². The normalized spacial score (nSPS) is 35.0. The lowest BCUT2D eigenvalue weighted by molar-refractivity contribution is -0.160. The molecular weight excluding hydrogens is 486 g/mol. The number of cyclic esters (lactones) is 1. The number of aliphatic hydroxyl groups is 1. The summed E-state index contributed by atoms with van der Waals surface area (Å²) in [5, 5.41) is 23.2. The number of aliphatic hydroxyl groups excluding tert-OH is 1. The molecular formula is C26H31NO10. The number of allylic oxidation sites excluding steroid dienone is 1. The number of carbonyl (C=O) groups excluding carboxylic acids is 4. The van der Waals surface area contributed by atoms with E-state index in [1.165, 1.54) is 21.0 Å². The summed E-state index contributed by atoms with van der Waals surface area (Å²) in [6.45, 7) is 5.89. The molecule has 0 aromatic heterocycles. The first kappa shape index (κ1) is 26.6. The van der Waals surface area contributed by atoms with Crippen LogP contribution in [0.1, 0.15) is 47.0 Å². The van der Waals surface area contributed by atoms with Crippen molar-refractivity contribution in [1.29, 1.82) is 0 Å². The average Bonchev–Trinajstić information content (AvgIpc) is 3.11. The molecule has 6 atom stereocenters. The summed E-state index contributed by atoms with van der Waals surface area (Å²) in [6.07, 6.45) is -0.150. The highest BCUT2D eigenvalue weighted by Crippen LogP contribution is 2.62. The van der Waals surface area contributed by atoms with E-state index in [1.807, 2.05) is 0 Å². The Morgan fingerprint density at radius 1 is 1.27 bits per heavy atom. The lowest BCUT2D eigenvalue weighted by Crippen LogP contribution is -2.57. The number of methoxy groups -OCH3 is 1. The molecule has 2 fully saturated rings. The molecule has 0 amide bonds. The van der Waals surface area contributed by atoms with Gasteiger partial charge in [-0.3, -0.25) is 19.2 Å². The number of aliphatic carboxylic acids is 1. The highest BCUT2D eigenvalue weighted by Gasteiger charge is 2.64. The highest BCUT2D eigenvalue weighted by atomic mass is 16.6. The first-order valence-corrected chi connectivity index (χ1v) is 12.1. The third kappa shape index (κ3) is 3.87. The monoisotopic (exact) mass is 517 g/mol. The third-order valence-corrected chi connectivity index (χ3v) is 8.27. The number of fused-ring (bicyclic) bond motifs is 4. The summed E-state index contributed by atoms with van der Waals surface area (Å²) >= 11 is 0. The molecule has 0 bridgehead atoms. The summed E-state index contributed by atoms with van der Waals surface area (Å²) in [6, 6.07) is -1.09. The summed E-state index contributed by atoms with van der Waals surface area (Å²) in [4.78, 5) is 63.3. The van der Waals surface area contributed by atoms with Gasteiger partial charge in [0.15, 0.2) is 5.76 Å². The molecule has 11 nitrogen and oxygen atoms in total. The molecule has 0 aromatic carbocycles. The number of carboxylic acids is 1. The minimum Gasteiger partial charge on any atom is -0.504 e. The number of Topliss-reactive ketones (excluding diaryl/α,β-unsaturated/α-hetero) is 2. The molecule has 1 aliphatic heterocycles. The van der Waals surface area contributed by atoms with Gasteiger partial charge in [0.05, 0.1) is 17.6 Å². The number of carbonyl (C=O) groups is 5. The number of hydrogen-bond donors (Lipinski definition) is 3. The van der Waals surface area contributed by atoms with Crippen molar-refractivity contribution in [2.45, 2.75) is 65.2 Å². The standard InChI is InChI=1S/C26H31NO10/c1-11(23(32)33)27-9-13-19-22(31)21(30)18-14-6-7-16(29)25(14,3)8-15(36-12(2)28)20(18)26(19,4)17(10-35-5)37-24(13)34/h9,11,14-15,17,27,31H,6-8,10H2,1-5H3,(H,32,33)/b13-9+/t11?,14?,15?,17?,25-,26-/m0/s1. The Morgan fingerprint density at radius 2 is 1.95 bits per heavy atom. The number of ketones is 2. The van der Waals surface area contributed by atoms with Gasteiger partial charge in [-0.2, -0.15) is 0 Å². The first-order chi connectivity index (χ1) is 17.3. The second kappa shape index (κ2) is 9.13. The summed E-state index contributed by atoms with van der Waals surface area (Å²) in [7, 11) is 1.41. The second-order valence-corrected chi connectivity index (χ2v) is 10.5. The van der Waals surface area contributed by atoms with Gasteiger partial charge >= 0.3 is 17.9 Å². The van der Waals surface area contributed by atoms with Gasteiger partial charge in [0.2, 0.25) is 5.78 Å².